The number of ether oxygens (including phenoxy) is 2. The third kappa shape index (κ3) is 1.84. The molecule has 3 atom stereocenters. The average Bonchev–Trinajstić information content (AvgIpc) is 3.15. The van der Waals surface area contributed by atoms with Crippen molar-refractivity contribution in [2.45, 2.75) is 44.5 Å². The summed E-state index contributed by atoms with van der Waals surface area (Å²) in [6.07, 6.45) is 3.41. The number of benzene rings is 1. The minimum absolute atomic E-state index is 0.00416. The number of nitrogens with zero attached hydrogens (tertiary/aromatic N) is 1. The standard InChI is InChI=1S/C13H15NO4/c1-2-3-4-11-13-12(18-13)9-7-8(14(15)16)5-6-10(9)17-11/h5-7,11-13H,2-4H2,1H3. The highest BCUT2D eigenvalue weighted by molar-refractivity contribution is 5.48. The van der Waals surface area contributed by atoms with Gasteiger partial charge in [0.25, 0.3) is 5.69 Å². The van der Waals surface area contributed by atoms with Crippen LogP contribution in [-0.4, -0.2) is 17.1 Å². The van der Waals surface area contributed by atoms with Gasteiger partial charge in [0.1, 0.15) is 24.1 Å². The van der Waals surface area contributed by atoms with Crippen molar-refractivity contribution < 1.29 is 14.4 Å². The zero-order valence-electron chi connectivity index (χ0n) is 10.2. The maximum atomic E-state index is 10.7. The molecule has 3 rings (SSSR count). The Hall–Kier alpha value is -1.62. The van der Waals surface area contributed by atoms with Crippen molar-refractivity contribution in [1.82, 2.24) is 0 Å². The molecule has 0 aromatic heterocycles. The number of fused-ring (bicyclic) bond motifs is 3. The van der Waals surface area contributed by atoms with Gasteiger partial charge in [-0.15, -0.1) is 0 Å². The Morgan fingerprint density at radius 1 is 1.44 bits per heavy atom. The first-order chi connectivity index (χ1) is 8.70. The van der Waals surface area contributed by atoms with Crippen LogP contribution in [0.1, 0.15) is 37.9 Å². The molecular formula is C13H15NO4. The molecule has 5 heteroatoms. The minimum Gasteiger partial charge on any atom is -0.487 e. The van der Waals surface area contributed by atoms with Gasteiger partial charge in [-0.3, -0.25) is 10.1 Å². The van der Waals surface area contributed by atoms with Crippen LogP contribution in [0.2, 0.25) is 0 Å². The van der Waals surface area contributed by atoms with Gasteiger partial charge in [0.15, 0.2) is 0 Å². The predicted octanol–water partition coefficient (Wildman–Crippen LogP) is 2.99. The van der Waals surface area contributed by atoms with E-state index in [1.807, 2.05) is 0 Å². The second-order valence-corrected chi connectivity index (χ2v) is 4.80. The van der Waals surface area contributed by atoms with E-state index in [9.17, 15) is 10.1 Å². The first kappa shape index (κ1) is 11.5. The van der Waals surface area contributed by atoms with Crippen molar-refractivity contribution in [3.05, 3.63) is 33.9 Å². The van der Waals surface area contributed by atoms with E-state index in [4.69, 9.17) is 9.47 Å². The maximum Gasteiger partial charge on any atom is 0.270 e. The van der Waals surface area contributed by atoms with E-state index in [2.05, 4.69) is 6.92 Å². The Labute approximate surface area is 105 Å². The van der Waals surface area contributed by atoms with E-state index < -0.39 is 0 Å². The molecule has 2 heterocycles. The lowest BCUT2D eigenvalue weighted by Gasteiger charge is -2.22. The number of hydrogen-bond donors (Lipinski definition) is 0. The summed E-state index contributed by atoms with van der Waals surface area (Å²) >= 11 is 0. The number of unbranched alkanes of at least 4 members (excludes halogenated alkanes) is 1. The summed E-state index contributed by atoms with van der Waals surface area (Å²) < 4.78 is 11.5. The van der Waals surface area contributed by atoms with Crippen molar-refractivity contribution in [2.24, 2.45) is 0 Å². The minimum atomic E-state index is -0.388. The number of hydrogen-bond acceptors (Lipinski definition) is 4. The fourth-order valence-corrected chi connectivity index (χ4v) is 2.49. The van der Waals surface area contributed by atoms with Crippen LogP contribution in [0.5, 0.6) is 5.75 Å². The van der Waals surface area contributed by atoms with Crippen molar-refractivity contribution in [1.29, 1.82) is 0 Å². The molecule has 2 aliphatic rings. The lowest BCUT2D eigenvalue weighted by atomic mass is 9.99. The van der Waals surface area contributed by atoms with Gasteiger partial charge < -0.3 is 9.47 Å². The Morgan fingerprint density at radius 3 is 3.00 bits per heavy atom. The van der Waals surface area contributed by atoms with Crippen LogP contribution >= 0.6 is 0 Å². The van der Waals surface area contributed by atoms with E-state index in [-0.39, 0.29) is 28.9 Å². The molecule has 2 aliphatic heterocycles. The SMILES string of the molecule is CCCCC1Oc2ccc([N+](=O)[O-])cc2C2OC12. The predicted molar refractivity (Wildman–Crippen MR) is 64.7 cm³/mol. The number of nitro groups is 1. The Bertz CT molecular complexity index is 488. The molecule has 0 bridgehead atoms. The zero-order valence-corrected chi connectivity index (χ0v) is 10.2. The Balaban J connectivity index is 1.83. The van der Waals surface area contributed by atoms with Crippen LogP contribution in [0.3, 0.4) is 0 Å². The summed E-state index contributed by atoms with van der Waals surface area (Å²) in [7, 11) is 0. The van der Waals surface area contributed by atoms with Crippen molar-refractivity contribution >= 4 is 5.69 Å². The fraction of sp³-hybridized carbons (Fsp3) is 0.538. The molecule has 1 fully saturated rings. The lowest BCUT2D eigenvalue weighted by molar-refractivity contribution is -0.385. The molecule has 0 amide bonds. The van der Waals surface area contributed by atoms with Crippen LogP contribution in [0.25, 0.3) is 0 Å². The molecule has 0 spiro atoms. The molecule has 0 saturated carbocycles. The number of non-ortho nitro benzene ring substituents is 1. The number of rotatable bonds is 4. The van der Waals surface area contributed by atoms with Crippen LogP contribution in [0.15, 0.2) is 18.2 Å². The topological polar surface area (TPSA) is 64.9 Å². The molecule has 3 unspecified atom stereocenters. The third-order valence-corrected chi connectivity index (χ3v) is 3.52. The van der Waals surface area contributed by atoms with Crippen LogP contribution in [0.4, 0.5) is 5.69 Å². The molecular weight excluding hydrogens is 234 g/mol. The second-order valence-electron chi connectivity index (χ2n) is 4.80. The highest BCUT2D eigenvalue weighted by Crippen LogP contribution is 2.51. The summed E-state index contributed by atoms with van der Waals surface area (Å²) in [4.78, 5) is 10.3. The van der Waals surface area contributed by atoms with Gasteiger partial charge in [0.2, 0.25) is 0 Å². The van der Waals surface area contributed by atoms with Crippen molar-refractivity contribution in [3.63, 3.8) is 0 Å². The largest absolute Gasteiger partial charge is 0.487 e. The van der Waals surface area contributed by atoms with Crippen LogP contribution in [0, 0.1) is 10.1 Å². The van der Waals surface area contributed by atoms with Gasteiger partial charge in [0, 0.05) is 17.7 Å². The first-order valence-electron chi connectivity index (χ1n) is 6.31. The Morgan fingerprint density at radius 2 is 2.28 bits per heavy atom. The average molecular weight is 249 g/mol. The summed E-state index contributed by atoms with van der Waals surface area (Å²) in [5.74, 6) is 0.737. The van der Waals surface area contributed by atoms with Gasteiger partial charge in [-0.05, 0) is 18.9 Å². The molecule has 5 nitrogen and oxygen atoms in total. The molecule has 0 radical (unpaired) electrons. The van der Waals surface area contributed by atoms with E-state index in [0.717, 1.165) is 30.6 Å². The normalized spacial score (nSPS) is 27.9. The highest BCUT2D eigenvalue weighted by Gasteiger charge is 2.52. The van der Waals surface area contributed by atoms with Gasteiger partial charge in [0.05, 0.1) is 4.92 Å². The summed E-state index contributed by atoms with van der Waals surface area (Å²) in [5.41, 5.74) is 0.917. The fourth-order valence-electron chi connectivity index (χ4n) is 2.49. The van der Waals surface area contributed by atoms with Gasteiger partial charge in [-0.25, -0.2) is 0 Å². The van der Waals surface area contributed by atoms with Gasteiger partial charge >= 0.3 is 0 Å². The molecule has 0 N–H and O–H groups in total. The third-order valence-electron chi connectivity index (χ3n) is 3.52. The van der Waals surface area contributed by atoms with E-state index in [1.165, 1.54) is 6.07 Å². The molecule has 96 valence electrons. The zero-order chi connectivity index (χ0) is 12.7. The molecule has 1 saturated heterocycles. The van der Waals surface area contributed by atoms with E-state index in [0.29, 0.717) is 0 Å². The smallest absolute Gasteiger partial charge is 0.270 e. The van der Waals surface area contributed by atoms with Crippen molar-refractivity contribution in [2.75, 3.05) is 0 Å². The maximum absolute atomic E-state index is 10.7. The van der Waals surface area contributed by atoms with E-state index in [1.54, 1.807) is 12.1 Å². The molecule has 0 aliphatic carbocycles. The number of epoxide rings is 1. The highest BCUT2D eigenvalue weighted by atomic mass is 16.6. The summed E-state index contributed by atoms with van der Waals surface area (Å²) in [6, 6.07) is 4.73. The first-order valence-corrected chi connectivity index (χ1v) is 6.31. The quantitative estimate of drug-likeness (QED) is 0.467. The number of nitro benzene ring substituents is 1. The monoisotopic (exact) mass is 249 g/mol. The van der Waals surface area contributed by atoms with Gasteiger partial charge in [-0.2, -0.15) is 0 Å². The van der Waals surface area contributed by atoms with Gasteiger partial charge in [-0.1, -0.05) is 13.3 Å². The summed E-state index contributed by atoms with van der Waals surface area (Å²) in [6.45, 7) is 2.14. The molecule has 1 aromatic rings. The second kappa shape index (κ2) is 4.24. The Kier molecular flexibility index (Phi) is 2.70. The molecule has 1 aromatic carbocycles. The molecule has 18 heavy (non-hydrogen) atoms. The lowest BCUT2D eigenvalue weighted by Crippen LogP contribution is -2.27. The van der Waals surface area contributed by atoms with Crippen LogP contribution < -0.4 is 4.74 Å². The van der Waals surface area contributed by atoms with Crippen LogP contribution in [-0.2, 0) is 4.74 Å². The summed E-state index contributed by atoms with van der Waals surface area (Å²) in [5, 5.41) is 10.7. The van der Waals surface area contributed by atoms with Crippen molar-refractivity contribution in [3.8, 4) is 5.75 Å². The van der Waals surface area contributed by atoms with E-state index >= 15 is 0 Å².